The molecule has 1 aliphatic rings. The number of carbonyl (C=O) groups excluding carboxylic acids is 1. The minimum Gasteiger partial charge on any atom is -0.503 e. The summed E-state index contributed by atoms with van der Waals surface area (Å²) >= 11 is 0. The summed E-state index contributed by atoms with van der Waals surface area (Å²) in [6.07, 6.45) is 0. The highest BCUT2D eigenvalue weighted by atomic mass is 19.1. The van der Waals surface area contributed by atoms with Gasteiger partial charge in [-0.2, -0.15) is 0 Å². The second-order valence-electron chi connectivity index (χ2n) is 7.34. The molecule has 3 aromatic rings. The molecule has 0 bridgehead atoms. The van der Waals surface area contributed by atoms with E-state index in [1.165, 1.54) is 11.0 Å². The molecule has 0 fully saturated rings. The Morgan fingerprint density at radius 3 is 2.47 bits per heavy atom. The largest absolute Gasteiger partial charge is 0.503 e. The fraction of sp³-hybridized carbons (Fsp3) is 0.160. The van der Waals surface area contributed by atoms with Gasteiger partial charge < -0.3 is 14.7 Å². The molecule has 3 aromatic carbocycles. The van der Waals surface area contributed by atoms with Crippen LogP contribution in [0.15, 0.2) is 78.6 Å². The van der Waals surface area contributed by atoms with Crippen molar-refractivity contribution in [1.29, 1.82) is 0 Å². The van der Waals surface area contributed by atoms with Gasteiger partial charge in [0.25, 0.3) is 5.91 Å². The van der Waals surface area contributed by atoms with E-state index in [0.29, 0.717) is 22.4 Å². The summed E-state index contributed by atoms with van der Waals surface area (Å²) in [5.74, 6) is -0.639. The monoisotopic (exact) mass is 403 g/mol. The Morgan fingerprint density at radius 1 is 1.03 bits per heavy atom. The summed E-state index contributed by atoms with van der Waals surface area (Å²) in [5.41, 5.74) is 3.31. The lowest BCUT2D eigenvalue weighted by Gasteiger charge is -2.28. The molecule has 1 amide bonds. The molecule has 0 unspecified atom stereocenters. The van der Waals surface area contributed by atoms with Gasteiger partial charge in [-0.25, -0.2) is 4.39 Å². The van der Waals surface area contributed by atoms with Crippen molar-refractivity contribution in [3.63, 3.8) is 0 Å². The maximum atomic E-state index is 14.8. The van der Waals surface area contributed by atoms with Gasteiger partial charge in [-0.15, -0.1) is 0 Å². The van der Waals surface area contributed by atoms with Crippen molar-refractivity contribution in [3.05, 3.63) is 107 Å². The van der Waals surface area contributed by atoms with Crippen LogP contribution < -0.4 is 4.74 Å². The lowest BCUT2D eigenvalue weighted by atomic mass is 9.92. The van der Waals surface area contributed by atoms with Gasteiger partial charge >= 0.3 is 0 Å². The number of rotatable bonds is 5. The number of hydrogen-bond acceptors (Lipinski definition) is 3. The first kappa shape index (κ1) is 19.7. The van der Waals surface area contributed by atoms with Crippen molar-refractivity contribution >= 4 is 11.5 Å². The number of nitrogens with zero attached hydrogens (tertiary/aromatic N) is 1. The smallest absolute Gasteiger partial charge is 0.290 e. The number of ether oxygens (including phenoxy) is 1. The molecule has 1 atom stereocenters. The lowest BCUT2D eigenvalue weighted by Crippen LogP contribution is -2.30. The predicted molar refractivity (Wildman–Crippen MR) is 113 cm³/mol. The summed E-state index contributed by atoms with van der Waals surface area (Å²) in [6.45, 7) is 2.16. The first-order chi connectivity index (χ1) is 14.5. The van der Waals surface area contributed by atoms with Crippen LogP contribution in [-0.4, -0.2) is 23.0 Å². The molecular formula is C25H22FNO3. The Balaban J connectivity index is 1.82. The number of hydrogen-bond donors (Lipinski definition) is 1. The molecule has 0 radical (unpaired) electrons. The Hall–Kier alpha value is -3.60. The third kappa shape index (κ3) is 3.54. The van der Waals surface area contributed by atoms with Crippen molar-refractivity contribution in [1.82, 2.24) is 4.90 Å². The van der Waals surface area contributed by atoms with Crippen molar-refractivity contribution in [2.75, 3.05) is 7.11 Å². The number of carbonyl (C=O) groups is 1. The zero-order chi connectivity index (χ0) is 21.3. The van der Waals surface area contributed by atoms with Crippen LogP contribution in [0.5, 0.6) is 5.75 Å². The predicted octanol–water partition coefficient (Wildman–Crippen LogP) is 5.20. The third-order valence-corrected chi connectivity index (χ3v) is 5.35. The molecule has 0 saturated heterocycles. The normalized spacial score (nSPS) is 16.3. The van der Waals surface area contributed by atoms with Crippen LogP contribution in [-0.2, 0) is 11.3 Å². The third-order valence-electron chi connectivity index (χ3n) is 5.35. The topological polar surface area (TPSA) is 49.8 Å². The number of halogens is 1. The molecule has 0 saturated carbocycles. The zero-order valence-corrected chi connectivity index (χ0v) is 16.8. The summed E-state index contributed by atoms with van der Waals surface area (Å²) in [7, 11) is 1.57. The highest BCUT2D eigenvalue weighted by Crippen LogP contribution is 2.44. The molecule has 152 valence electrons. The molecule has 4 nitrogen and oxygen atoms in total. The van der Waals surface area contributed by atoms with Crippen LogP contribution in [0.25, 0.3) is 5.57 Å². The Labute approximate surface area is 174 Å². The average Bonchev–Trinajstić information content (AvgIpc) is 3.00. The summed E-state index contributed by atoms with van der Waals surface area (Å²) in [6, 6.07) is 20.5. The van der Waals surface area contributed by atoms with E-state index < -0.39 is 17.8 Å². The van der Waals surface area contributed by atoms with E-state index in [1.807, 2.05) is 55.5 Å². The first-order valence-corrected chi connectivity index (χ1v) is 9.68. The van der Waals surface area contributed by atoms with Crippen LogP contribution in [0, 0.1) is 12.7 Å². The SMILES string of the molecule is COc1cccc(CN2C(=O)C(O)=C(c3ccc(C)cc3)[C@H]2c2ccccc2F)c1. The molecule has 30 heavy (non-hydrogen) atoms. The molecule has 1 aliphatic heterocycles. The van der Waals surface area contributed by atoms with Gasteiger partial charge in [-0.05, 0) is 36.2 Å². The lowest BCUT2D eigenvalue weighted by molar-refractivity contribution is -0.130. The van der Waals surface area contributed by atoms with Gasteiger partial charge in [0.05, 0.1) is 13.2 Å². The van der Waals surface area contributed by atoms with Gasteiger partial charge in [0, 0.05) is 17.7 Å². The van der Waals surface area contributed by atoms with Crippen molar-refractivity contribution in [2.45, 2.75) is 19.5 Å². The minimum atomic E-state index is -0.743. The number of methoxy groups -OCH3 is 1. The Bertz CT molecular complexity index is 1120. The second-order valence-corrected chi connectivity index (χ2v) is 7.34. The van der Waals surface area contributed by atoms with E-state index in [2.05, 4.69) is 0 Å². The van der Waals surface area contributed by atoms with Crippen molar-refractivity contribution < 1.29 is 19.0 Å². The van der Waals surface area contributed by atoms with E-state index in [4.69, 9.17) is 4.74 Å². The molecule has 0 aromatic heterocycles. The Kier molecular flexibility index (Phi) is 5.27. The molecule has 1 N–H and O–H groups in total. The molecule has 4 rings (SSSR count). The second kappa shape index (κ2) is 8.03. The summed E-state index contributed by atoms with van der Waals surface area (Å²) in [5, 5.41) is 10.8. The minimum absolute atomic E-state index is 0.203. The highest BCUT2D eigenvalue weighted by molar-refractivity contribution is 6.05. The van der Waals surface area contributed by atoms with Crippen molar-refractivity contribution in [2.24, 2.45) is 0 Å². The van der Waals surface area contributed by atoms with E-state index in [0.717, 1.165) is 11.1 Å². The number of aliphatic hydroxyl groups excluding tert-OH is 1. The summed E-state index contributed by atoms with van der Waals surface area (Å²) < 4.78 is 20.1. The van der Waals surface area contributed by atoms with Gasteiger partial charge in [0.2, 0.25) is 0 Å². The number of aliphatic hydroxyl groups is 1. The van der Waals surface area contributed by atoms with Gasteiger partial charge in [0.15, 0.2) is 5.76 Å². The molecule has 5 heteroatoms. The van der Waals surface area contributed by atoms with E-state index in [9.17, 15) is 14.3 Å². The average molecular weight is 403 g/mol. The highest BCUT2D eigenvalue weighted by Gasteiger charge is 2.42. The van der Waals surface area contributed by atoms with Gasteiger partial charge in [-0.3, -0.25) is 4.79 Å². The fourth-order valence-corrected chi connectivity index (χ4v) is 3.83. The summed E-state index contributed by atoms with van der Waals surface area (Å²) in [4.78, 5) is 14.6. The van der Waals surface area contributed by atoms with Crippen LogP contribution in [0.1, 0.15) is 28.3 Å². The molecule has 0 aliphatic carbocycles. The number of amides is 1. The van der Waals surface area contributed by atoms with Crippen LogP contribution >= 0.6 is 0 Å². The van der Waals surface area contributed by atoms with Gasteiger partial charge in [-0.1, -0.05) is 60.2 Å². The number of benzene rings is 3. The van der Waals surface area contributed by atoms with E-state index >= 15 is 0 Å². The maximum absolute atomic E-state index is 14.8. The molecular weight excluding hydrogens is 381 g/mol. The quantitative estimate of drug-likeness (QED) is 0.637. The van der Waals surface area contributed by atoms with Crippen LogP contribution in [0.2, 0.25) is 0 Å². The maximum Gasteiger partial charge on any atom is 0.290 e. The van der Waals surface area contributed by atoms with Crippen LogP contribution in [0.3, 0.4) is 0 Å². The standard InChI is InChI=1S/C25H22FNO3/c1-16-10-12-18(13-11-16)22-23(20-8-3-4-9-21(20)26)27(25(29)24(22)28)15-17-6-5-7-19(14-17)30-2/h3-14,23,28H,15H2,1-2H3/t23-/m1/s1. The zero-order valence-electron chi connectivity index (χ0n) is 16.8. The fourth-order valence-electron chi connectivity index (χ4n) is 3.83. The Morgan fingerprint density at radius 2 is 1.77 bits per heavy atom. The molecule has 1 heterocycles. The van der Waals surface area contributed by atoms with Crippen LogP contribution in [0.4, 0.5) is 4.39 Å². The van der Waals surface area contributed by atoms with E-state index in [1.54, 1.807) is 25.3 Å². The van der Waals surface area contributed by atoms with Crippen molar-refractivity contribution in [3.8, 4) is 5.75 Å². The van der Waals surface area contributed by atoms with E-state index in [-0.39, 0.29) is 12.3 Å². The van der Waals surface area contributed by atoms with Gasteiger partial charge in [0.1, 0.15) is 11.6 Å². The molecule has 0 spiro atoms. The number of aryl methyl sites for hydroxylation is 1. The first-order valence-electron chi connectivity index (χ1n) is 9.68.